The van der Waals surface area contributed by atoms with Crippen LogP contribution in [0.25, 0.3) is 0 Å². The number of carbonyl (C=O) groups is 2. The summed E-state index contributed by atoms with van der Waals surface area (Å²) in [7, 11) is 0. The molecule has 1 N–H and O–H groups in total. The Hall–Kier alpha value is -2.04. The molecule has 29 heavy (non-hydrogen) atoms. The molecular weight excluding hydrogens is 407 g/mol. The normalized spacial score (nSPS) is 11.8. The third kappa shape index (κ3) is 6.22. The predicted octanol–water partition coefficient (Wildman–Crippen LogP) is 5.10. The van der Waals surface area contributed by atoms with Crippen LogP contribution in [0.4, 0.5) is 0 Å². The van der Waals surface area contributed by atoms with Gasteiger partial charge in [0, 0.05) is 23.1 Å². The zero-order valence-corrected chi connectivity index (χ0v) is 18.9. The zero-order chi connectivity index (χ0) is 21.6. The number of rotatable bonds is 8. The van der Waals surface area contributed by atoms with Crippen molar-refractivity contribution in [3.05, 3.63) is 68.7 Å². The van der Waals surface area contributed by atoms with Gasteiger partial charge < -0.3 is 10.2 Å². The van der Waals surface area contributed by atoms with Crippen LogP contribution >= 0.6 is 23.2 Å². The molecule has 0 heterocycles. The Morgan fingerprint density at radius 3 is 2.34 bits per heavy atom. The number of halogens is 2. The SMILES string of the molecule is CCNC(=O)C(CC)N(Cc1ccc(Cl)cc1Cl)C(=O)Cc1ccc(C)c(C)c1. The third-order valence-corrected chi connectivity index (χ3v) is 5.61. The Labute approximate surface area is 183 Å². The number of hydrogen-bond donors (Lipinski definition) is 1. The van der Waals surface area contributed by atoms with Crippen LogP contribution in [0.1, 0.15) is 42.5 Å². The largest absolute Gasteiger partial charge is 0.355 e. The molecule has 0 aliphatic heterocycles. The smallest absolute Gasteiger partial charge is 0.242 e. The minimum Gasteiger partial charge on any atom is -0.355 e. The van der Waals surface area contributed by atoms with Gasteiger partial charge in [-0.3, -0.25) is 9.59 Å². The van der Waals surface area contributed by atoms with Crippen molar-refractivity contribution in [3.63, 3.8) is 0 Å². The lowest BCUT2D eigenvalue weighted by molar-refractivity contribution is -0.140. The summed E-state index contributed by atoms with van der Waals surface area (Å²) in [6.07, 6.45) is 0.734. The van der Waals surface area contributed by atoms with E-state index in [1.807, 2.05) is 45.9 Å². The quantitative estimate of drug-likeness (QED) is 0.628. The van der Waals surface area contributed by atoms with Crippen molar-refractivity contribution in [2.24, 2.45) is 0 Å². The number of aryl methyl sites for hydroxylation is 2. The van der Waals surface area contributed by atoms with Gasteiger partial charge in [0.1, 0.15) is 6.04 Å². The predicted molar refractivity (Wildman–Crippen MR) is 119 cm³/mol. The van der Waals surface area contributed by atoms with Gasteiger partial charge in [-0.25, -0.2) is 0 Å². The van der Waals surface area contributed by atoms with E-state index < -0.39 is 6.04 Å². The molecule has 156 valence electrons. The first-order valence-corrected chi connectivity index (χ1v) is 10.6. The molecular formula is C23H28Cl2N2O2. The lowest BCUT2D eigenvalue weighted by atomic mass is 10.0. The van der Waals surface area contributed by atoms with E-state index in [9.17, 15) is 9.59 Å². The molecule has 0 saturated carbocycles. The van der Waals surface area contributed by atoms with Crippen LogP contribution in [0.3, 0.4) is 0 Å². The van der Waals surface area contributed by atoms with Crippen LogP contribution < -0.4 is 5.32 Å². The Balaban J connectivity index is 2.34. The number of amides is 2. The van der Waals surface area contributed by atoms with Crippen molar-refractivity contribution in [2.45, 2.75) is 53.1 Å². The van der Waals surface area contributed by atoms with Crippen molar-refractivity contribution in [1.29, 1.82) is 0 Å². The fourth-order valence-corrected chi connectivity index (χ4v) is 3.70. The molecule has 2 amide bonds. The highest BCUT2D eigenvalue weighted by Gasteiger charge is 2.28. The van der Waals surface area contributed by atoms with E-state index in [0.717, 1.165) is 16.7 Å². The van der Waals surface area contributed by atoms with Crippen LogP contribution in [0.5, 0.6) is 0 Å². The molecule has 1 atom stereocenters. The maximum atomic E-state index is 13.3. The lowest BCUT2D eigenvalue weighted by Crippen LogP contribution is -2.49. The number of nitrogens with one attached hydrogen (secondary N) is 1. The Bertz CT molecular complexity index is 883. The second-order valence-corrected chi connectivity index (χ2v) is 8.02. The summed E-state index contributed by atoms with van der Waals surface area (Å²) in [6, 6.07) is 10.6. The van der Waals surface area contributed by atoms with E-state index in [1.54, 1.807) is 23.1 Å². The summed E-state index contributed by atoms with van der Waals surface area (Å²) in [5.41, 5.74) is 4.00. The number of hydrogen-bond acceptors (Lipinski definition) is 2. The van der Waals surface area contributed by atoms with E-state index in [0.29, 0.717) is 23.0 Å². The molecule has 0 saturated heterocycles. The summed E-state index contributed by atoms with van der Waals surface area (Å²) in [5.74, 6) is -0.272. The standard InChI is InChI=1S/C23H28Cl2N2O2/c1-5-21(23(29)26-6-2)27(14-18-9-10-19(24)13-20(18)25)22(28)12-17-8-7-15(3)16(4)11-17/h7-11,13,21H,5-6,12,14H2,1-4H3,(H,26,29). The van der Waals surface area contributed by atoms with Gasteiger partial charge in [-0.1, -0.05) is 54.4 Å². The maximum Gasteiger partial charge on any atom is 0.242 e. The van der Waals surface area contributed by atoms with Gasteiger partial charge in [-0.2, -0.15) is 0 Å². The Kier molecular flexibility index (Phi) is 8.54. The van der Waals surface area contributed by atoms with Gasteiger partial charge in [-0.15, -0.1) is 0 Å². The molecule has 0 radical (unpaired) electrons. The molecule has 6 heteroatoms. The number of carbonyl (C=O) groups excluding carboxylic acids is 2. The highest BCUT2D eigenvalue weighted by atomic mass is 35.5. The molecule has 2 aromatic carbocycles. The summed E-state index contributed by atoms with van der Waals surface area (Å²) in [4.78, 5) is 27.5. The average Bonchev–Trinajstić information content (AvgIpc) is 2.66. The second-order valence-electron chi connectivity index (χ2n) is 7.17. The molecule has 4 nitrogen and oxygen atoms in total. The summed E-state index contributed by atoms with van der Waals surface area (Å²) >= 11 is 12.3. The zero-order valence-electron chi connectivity index (χ0n) is 17.4. The summed E-state index contributed by atoms with van der Waals surface area (Å²) < 4.78 is 0. The highest BCUT2D eigenvalue weighted by Crippen LogP contribution is 2.24. The first-order valence-electron chi connectivity index (χ1n) is 9.84. The van der Waals surface area contributed by atoms with Gasteiger partial charge in [0.2, 0.25) is 11.8 Å². The number of benzene rings is 2. The van der Waals surface area contributed by atoms with Crippen molar-refractivity contribution >= 4 is 35.0 Å². The molecule has 0 spiro atoms. The van der Waals surface area contributed by atoms with Crippen molar-refractivity contribution in [1.82, 2.24) is 10.2 Å². The topological polar surface area (TPSA) is 49.4 Å². The minimum atomic E-state index is -0.569. The van der Waals surface area contributed by atoms with Crippen LogP contribution in [0, 0.1) is 13.8 Å². The molecule has 1 unspecified atom stereocenters. The lowest BCUT2D eigenvalue weighted by Gasteiger charge is -2.31. The molecule has 0 aliphatic carbocycles. The van der Waals surface area contributed by atoms with E-state index in [-0.39, 0.29) is 24.8 Å². The van der Waals surface area contributed by atoms with E-state index in [4.69, 9.17) is 23.2 Å². The minimum absolute atomic E-state index is 0.114. The Morgan fingerprint density at radius 2 is 1.76 bits per heavy atom. The van der Waals surface area contributed by atoms with Crippen molar-refractivity contribution in [3.8, 4) is 0 Å². The summed E-state index contributed by atoms with van der Waals surface area (Å²) in [5, 5.41) is 3.84. The number of nitrogens with zero attached hydrogens (tertiary/aromatic N) is 1. The molecule has 0 aliphatic rings. The van der Waals surface area contributed by atoms with Gasteiger partial charge >= 0.3 is 0 Å². The van der Waals surface area contributed by atoms with Gasteiger partial charge in [0.15, 0.2) is 0 Å². The van der Waals surface area contributed by atoms with Gasteiger partial charge in [0.25, 0.3) is 0 Å². The Morgan fingerprint density at radius 1 is 1.03 bits per heavy atom. The van der Waals surface area contributed by atoms with Crippen molar-refractivity contribution in [2.75, 3.05) is 6.54 Å². The molecule has 0 bridgehead atoms. The van der Waals surface area contributed by atoms with Crippen LogP contribution in [0.2, 0.25) is 10.0 Å². The first kappa shape index (κ1) is 23.2. The van der Waals surface area contributed by atoms with E-state index >= 15 is 0 Å². The highest BCUT2D eigenvalue weighted by molar-refractivity contribution is 6.35. The molecule has 2 aromatic rings. The van der Waals surface area contributed by atoms with Crippen molar-refractivity contribution < 1.29 is 9.59 Å². The van der Waals surface area contributed by atoms with Crippen LogP contribution in [-0.2, 0) is 22.6 Å². The molecule has 0 fully saturated rings. The van der Waals surface area contributed by atoms with Gasteiger partial charge in [0.05, 0.1) is 6.42 Å². The average molecular weight is 435 g/mol. The van der Waals surface area contributed by atoms with E-state index in [1.165, 1.54) is 5.56 Å². The first-order chi connectivity index (χ1) is 13.8. The van der Waals surface area contributed by atoms with Crippen LogP contribution in [-0.4, -0.2) is 29.3 Å². The van der Waals surface area contributed by atoms with Gasteiger partial charge in [-0.05, 0) is 61.6 Å². The fourth-order valence-electron chi connectivity index (χ4n) is 3.23. The van der Waals surface area contributed by atoms with E-state index in [2.05, 4.69) is 5.32 Å². The second kappa shape index (κ2) is 10.7. The monoisotopic (exact) mass is 434 g/mol. The number of likely N-dealkylation sites (N-methyl/N-ethyl adjacent to an activating group) is 1. The van der Waals surface area contributed by atoms with Crippen LogP contribution in [0.15, 0.2) is 36.4 Å². The maximum absolute atomic E-state index is 13.3. The third-order valence-electron chi connectivity index (χ3n) is 5.02. The molecule has 0 aromatic heterocycles. The molecule has 2 rings (SSSR count). The fraction of sp³-hybridized carbons (Fsp3) is 0.391. The summed E-state index contributed by atoms with van der Waals surface area (Å²) in [6.45, 7) is 8.59.